The van der Waals surface area contributed by atoms with Crippen LogP contribution in [0.25, 0.3) is 10.6 Å². The molecule has 0 radical (unpaired) electrons. The fraction of sp³-hybridized carbons (Fsp3) is 0.0556. The average molecular weight is 391 g/mol. The lowest BCUT2D eigenvalue weighted by Gasteiger charge is -2.09. The van der Waals surface area contributed by atoms with Crippen LogP contribution < -0.4 is 10.6 Å². The number of amides is 2. The first-order valence-electron chi connectivity index (χ1n) is 7.64. The topological polar surface area (TPSA) is 71.1 Å². The molecule has 0 aliphatic heterocycles. The Hall–Kier alpha value is -3.20. The summed E-state index contributed by atoms with van der Waals surface area (Å²) >= 11 is 0.922. The van der Waals surface area contributed by atoms with Crippen molar-refractivity contribution in [3.8, 4) is 10.6 Å². The molecule has 1 heterocycles. The molecule has 0 saturated carbocycles. The third-order valence-corrected chi connectivity index (χ3v) is 4.48. The first-order chi connectivity index (χ1) is 12.8. The minimum absolute atomic E-state index is 0.109. The average Bonchev–Trinajstić information content (AvgIpc) is 3.09. The van der Waals surface area contributed by atoms with Crippen LogP contribution in [0.2, 0.25) is 0 Å². The van der Waals surface area contributed by atoms with Crippen LogP contribution in [-0.2, 0) is 4.79 Å². The summed E-state index contributed by atoms with van der Waals surface area (Å²) in [7, 11) is 0. The molecule has 3 rings (SSSR count). The summed E-state index contributed by atoms with van der Waals surface area (Å²) in [6.07, 6.45) is 1.23. The number of carbonyl (C=O) groups excluding carboxylic acids is 2. The molecule has 1 aromatic heterocycles. The number of nitrogens with zero attached hydrogens (tertiary/aromatic N) is 1. The maximum atomic E-state index is 13.9. The van der Waals surface area contributed by atoms with E-state index < -0.39 is 29.3 Å². The lowest BCUT2D eigenvalue weighted by atomic mass is 10.2. The van der Waals surface area contributed by atoms with Crippen molar-refractivity contribution in [1.82, 2.24) is 4.98 Å². The summed E-state index contributed by atoms with van der Waals surface area (Å²) in [6, 6.07) is 7.49. The van der Waals surface area contributed by atoms with E-state index in [1.54, 1.807) is 6.07 Å². The van der Waals surface area contributed by atoms with Crippen molar-refractivity contribution in [3.05, 3.63) is 64.9 Å². The highest BCUT2D eigenvalue weighted by molar-refractivity contribution is 7.17. The minimum atomic E-state index is -1.01. The van der Waals surface area contributed by atoms with E-state index >= 15 is 0 Å². The molecular formula is C18H12F3N3O2S. The van der Waals surface area contributed by atoms with Crippen LogP contribution in [0, 0.1) is 17.5 Å². The molecule has 3 aromatic rings. The first-order valence-corrected chi connectivity index (χ1v) is 8.45. The second kappa shape index (κ2) is 7.58. The zero-order valence-electron chi connectivity index (χ0n) is 13.8. The van der Waals surface area contributed by atoms with Gasteiger partial charge in [0, 0.05) is 18.6 Å². The molecule has 0 atom stereocenters. The number of hydrogen-bond acceptors (Lipinski definition) is 4. The van der Waals surface area contributed by atoms with Crippen LogP contribution >= 0.6 is 11.3 Å². The van der Waals surface area contributed by atoms with Gasteiger partial charge in [-0.1, -0.05) is 12.1 Å². The molecule has 9 heteroatoms. The van der Waals surface area contributed by atoms with E-state index in [9.17, 15) is 22.8 Å². The van der Waals surface area contributed by atoms with Crippen molar-refractivity contribution in [2.45, 2.75) is 6.92 Å². The number of anilines is 2. The van der Waals surface area contributed by atoms with Crippen molar-refractivity contribution >= 4 is 34.5 Å². The number of halogens is 3. The van der Waals surface area contributed by atoms with Gasteiger partial charge in [-0.3, -0.25) is 9.59 Å². The highest BCUT2D eigenvalue weighted by Gasteiger charge is 2.17. The van der Waals surface area contributed by atoms with Gasteiger partial charge in [-0.25, -0.2) is 18.2 Å². The van der Waals surface area contributed by atoms with Crippen LogP contribution in [0.4, 0.5) is 24.5 Å². The Kier molecular flexibility index (Phi) is 5.22. The molecule has 0 aliphatic rings. The molecular weight excluding hydrogens is 379 g/mol. The monoisotopic (exact) mass is 391 g/mol. The Balaban J connectivity index is 1.84. The van der Waals surface area contributed by atoms with E-state index in [4.69, 9.17) is 0 Å². The Bertz CT molecular complexity index is 1040. The number of hydrogen-bond donors (Lipinski definition) is 2. The normalized spacial score (nSPS) is 10.5. The molecule has 0 saturated heterocycles. The highest BCUT2D eigenvalue weighted by atomic mass is 32.1. The fourth-order valence-electron chi connectivity index (χ4n) is 2.25. The largest absolute Gasteiger partial charge is 0.324 e. The van der Waals surface area contributed by atoms with E-state index in [2.05, 4.69) is 15.6 Å². The zero-order valence-corrected chi connectivity index (χ0v) is 14.7. The Labute approximate surface area is 155 Å². The van der Waals surface area contributed by atoms with Gasteiger partial charge in [0.05, 0.1) is 17.6 Å². The van der Waals surface area contributed by atoms with Gasteiger partial charge in [-0.15, -0.1) is 11.3 Å². The maximum absolute atomic E-state index is 13.9. The van der Waals surface area contributed by atoms with Gasteiger partial charge in [0.25, 0.3) is 5.91 Å². The first kappa shape index (κ1) is 18.6. The quantitative estimate of drug-likeness (QED) is 0.691. The van der Waals surface area contributed by atoms with Gasteiger partial charge in [0.15, 0.2) is 0 Å². The number of aromatic nitrogens is 1. The standard InChI is InChI=1S/C18H12F3N3O2S/c1-9(25)23-14-7-15(13(21)6-12(14)20)24-17(26)16-8-22-18(27-16)10-4-2-3-5-11(10)19/h2-8H,1H3,(H,23,25)(H,24,26). The second-order valence-corrected chi connectivity index (χ2v) is 6.49. The molecule has 138 valence electrons. The van der Waals surface area contributed by atoms with Crippen molar-refractivity contribution < 1.29 is 22.8 Å². The van der Waals surface area contributed by atoms with Crippen molar-refractivity contribution in [3.63, 3.8) is 0 Å². The van der Waals surface area contributed by atoms with E-state index in [1.807, 2.05) is 0 Å². The van der Waals surface area contributed by atoms with Crippen molar-refractivity contribution in [1.29, 1.82) is 0 Å². The molecule has 0 fully saturated rings. The third kappa shape index (κ3) is 4.14. The van der Waals surface area contributed by atoms with E-state index in [1.165, 1.54) is 31.3 Å². The summed E-state index contributed by atoms with van der Waals surface area (Å²) in [6.45, 7) is 1.17. The number of rotatable bonds is 4. The third-order valence-electron chi connectivity index (χ3n) is 3.45. The predicted molar refractivity (Wildman–Crippen MR) is 96.1 cm³/mol. The second-order valence-electron chi connectivity index (χ2n) is 5.46. The molecule has 0 spiro atoms. The lowest BCUT2D eigenvalue weighted by Crippen LogP contribution is -2.13. The Morgan fingerprint density at radius 2 is 1.63 bits per heavy atom. The van der Waals surface area contributed by atoms with Gasteiger partial charge < -0.3 is 10.6 Å². The van der Waals surface area contributed by atoms with Crippen molar-refractivity contribution in [2.75, 3.05) is 10.6 Å². The van der Waals surface area contributed by atoms with E-state index in [-0.39, 0.29) is 26.8 Å². The maximum Gasteiger partial charge on any atom is 0.267 e. The van der Waals surface area contributed by atoms with E-state index in [0.717, 1.165) is 17.4 Å². The van der Waals surface area contributed by atoms with E-state index in [0.29, 0.717) is 6.07 Å². The van der Waals surface area contributed by atoms with Crippen LogP contribution in [-0.4, -0.2) is 16.8 Å². The van der Waals surface area contributed by atoms with Gasteiger partial charge in [0.1, 0.15) is 27.3 Å². The molecule has 5 nitrogen and oxygen atoms in total. The summed E-state index contributed by atoms with van der Waals surface area (Å²) < 4.78 is 41.4. The SMILES string of the molecule is CC(=O)Nc1cc(NC(=O)c2cnc(-c3ccccc3F)s2)c(F)cc1F. The Morgan fingerprint density at radius 1 is 0.963 bits per heavy atom. The summed E-state index contributed by atoms with van der Waals surface area (Å²) in [5.74, 6) is -3.71. The van der Waals surface area contributed by atoms with Gasteiger partial charge in [-0.05, 0) is 18.2 Å². The van der Waals surface area contributed by atoms with Crippen LogP contribution in [0.1, 0.15) is 16.6 Å². The fourth-order valence-corrected chi connectivity index (χ4v) is 3.09. The van der Waals surface area contributed by atoms with Crippen LogP contribution in [0.3, 0.4) is 0 Å². The Morgan fingerprint density at radius 3 is 2.30 bits per heavy atom. The van der Waals surface area contributed by atoms with Crippen molar-refractivity contribution in [2.24, 2.45) is 0 Å². The number of thiazole rings is 1. The smallest absolute Gasteiger partial charge is 0.267 e. The molecule has 27 heavy (non-hydrogen) atoms. The molecule has 2 N–H and O–H groups in total. The molecule has 0 aliphatic carbocycles. The molecule has 0 unspecified atom stereocenters. The number of carbonyl (C=O) groups is 2. The number of nitrogens with one attached hydrogen (secondary N) is 2. The summed E-state index contributed by atoms with van der Waals surface area (Å²) in [5.41, 5.74) is -0.344. The molecule has 0 bridgehead atoms. The number of benzene rings is 2. The van der Waals surface area contributed by atoms with Crippen LogP contribution in [0.5, 0.6) is 0 Å². The van der Waals surface area contributed by atoms with Gasteiger partial charge >= 0.3 is 0 Å². The molecule has 2 amide bonds. The lowest BCUT2D eigenvalue weighted by molar-refractivity contribution is -0.114. The summed E-state index contributed by atoms with van der Waals surface area (Å²) in [5, 5.41) is 4.78. The van der Waals surface area contributed by atoms with Gasteiger partial charge in [-0.2, -0.15) is 0 Å². The van der Waals surface area contributed by atoms with Gasteiger partial charge in [0.2, 0.25) is 5.91 Å². The predicted octanol–water partition coefficient (Wildman–Crippen LogP) is 4.44. The van der Waals surface area contributed by atoms with Crippen LogP contribution in [0.15, 0.2) is 42.6 Å². The summed E-state index contributed by atoms with van der Waals surface area (Å²) in [4.78, 5) is 27.5. The minimum Gasteiger partial charge on any atom is -0.324 e. The molecule has 2 aromatic carbocycles. The highest BCUT2D eigenvalue weighted by Crippen LogP contribution is 2.29. The zero-order chi connectivity index (χ0) is 19.6.